The first-order valence-corrected chi connectivity index (χ1v) is 11.9. The van der Waals surface area contributed by atoms with Crippen molar-refractivity contribution in [2.24, 2.45) is 16.7 Å². The van der Waals surface area contributed by atoms with E-state index in [1.54, 1.807) is 0 Å². The Morgan fingerprint density at radius 1 is 1.09 bits per heavy atom. The normalized spacial score (nSPS) is 16.4. The van der Waals surface area contributed by atoms with E-state index in [-0.39, 0.29) is 28.7 Å². The van der Waals surface area contributed by atoms with Gasteiger partial charge >= 0.3 is 6.03 Å². The van der Waals surface area contributed by atoms with Crippen molar-refractivity contribution in [1.82, 2.24) is 15.3 Å². The lowest BCUT2D eigenvalue weighted by Gasteiger charge is -2.08. The Hall–Kier alpha value is -2.98. The number of anilines is 3. The van der Waals surface area contributed by atoms with Crippen LogP contribution in [0.25, 0.3) is 21.1 Å². The summed E-state index contributed by atoms with van der Waals surface area (Å²) in [6, 6.07) is 7.30. The lowest BCUT2D eigenvalue weighted by atomic mass is 10.0. The number of nitrogens with one attached hydrogen (secondary N) is 3. The molecule has 0 spiro atoms. The number of benzene rings is 1. The minimum Gasteiger partial charge on any atom is -0.382 e. The number of rotatable bonds is 5. The van der Waals surface area contributed by atoms with Gasteiger partial charge in [-0.2, -0.15) is 0 Å². The van der Waals surface area contributed by atoms with E-state index in [4.69, 9.17) is 10.7 Å². The van der Waals surface area contributed by atoms with Gasteiger partial charge in [0.2, 0.25) is 5.91 Å². The van der Waals surface area contributed by atoms with Gasteiger partial charge in [0.15, 0.2) is 5.13 Å². The van der Waals surface area contributed by atoms with Gasteiger partial charge in [0, 0.05) is 29.6 Å². The number of thiazole rings is 2. The third-order valence-electron chi connectivity index (χ3n) is 6.51. The van der Waals surface area contributed by atoms with E-state index in [9.17, 15) is 9.59 Å². The number of nitrogen functional groups attached to an aromatic ring is 1. The van der Waals surface area contributed by atoms with Gasteiger partial charge in [0.1, 0.15) is 15.7 Å². The maximum atomic E-state index is 12.8. The molecule has 0 saturated heterocycles. The first-order chi connectivity index (χ1) is 15.0. The quantitative estimate of drug-likeness (QED) is 0.423. The maximum absolute atomic E-state index is 12.8. The molecule has 32 heavy (non-hydrogen) atoms. The van der Waals surface area contributed by atoms with E-state index in [0.717, 1.165) is 22.0 Å². The molecule has 1 aliphatic rings. The number of urea groups is 1. The van der Waals surface area contributed by atoms with Gasteiger partial charge in [-0.25, -0.2) is 14.8 Å². The Morgan fingerprint density at radius 3 is 2.47 bits per heavy atom. The van der Waals surface area contributed by atoms with Crippen molar-refractivity contribution in [1.29, 1.82) is 0 Å². The molecule has 3 aromatic rings. The average molecular weight is 471 g/mol. The number of nitrogens with two attached hydrogens (primary N) is 1. The molecule has 2 heterocycles. The molecule has 0 bridgehead atoms. The standard InChI is InChI=1S/C22H26N6O2S2/c1-21(2)15(22(21,3)4)17(29)25-12-8-6-7-11(9-12)13-10-31-18(26-13)14-16(23)27-20(32-14)28-19(30)24-5/h6-10,15H,23H2,1-5H3,(H,25,29)(H2,24,27,28,30). The summed E-state index contributed by atoms with van der Waals surface area (Å²) in [6.07, 6.45) is 0. The zero-order chi connectivity index (χ0) is 23.3. The van der Waals surface area contributed by atoms with Crippen LogP contribution >= 0.6 is 22.7 Å². The van der Waals surface area contributed by atoms with Crippen LogP contribution in [0.1, 0.15) is 27.7 Å². The lowest BCUT2D eigenvalue weighted by molar-refractivity contribution is -0.118. The summed E-state index contributed by atoms with van der Waals surface area (Å²) < 4.78 is 0. The molecule has 1 saturated carbocycles. The van der Waals surface area contributed by atoms with E-state index < -0.39 is 0 Å². The summed E-state index contributed by atoms with van der Waals surface area (Å²) in [5, 5.41) is 11.2. The second kappa shape index (κ2) is 7.86. The van der Waals surface area contributed by atoms with Gasteiger partial charge in [-0.05, 0) is 23.0 Å². The molecule has 1 aliphatic carbocycles. The number of aromatic nitrogens is 2. The van der Waals surface area contributed by atoms with Crippen LogP contribution in [0.15, 0.2) is 29.6 Å². The van der Waals surface area contributed by atoms with Gasteiger partial charge in [-0.15, -0.1) is 11.3 Å². The van der Waals surface area contributed by atoms with Crippen LogP contribution in [-0.4, -0.2) is 29.0 Å². The fraction of sp³-hybridized carbons (Fsp3) is 0.364. The van der Waals surface area contributed by atoms with Crippen molar-refractivity contribution in [2.75, 3.05) is 23.4 Å². The predicted molar refractivity (Wildman–Crippen MR) is 131 cm³/mol. The van der Waals surface area contributed by atoms with E-state index in [2.05, 4.69) is 48.6 Å². The number of nitrogens with zero attached hydrogens (tertiary/aromatic N) is 2. The summed E-state index contributed by atoms with van der Waals surface area (Å²) in [5.74, 6) is 0.346. The van der Waals surface area contributed by atoms with Crippen LogP contribution in [0.4, 0.5) is 21.4 Å². The Balaban J connectivity index is 1.52. The SMILES string of the molecule is CNC(=O)Nc1nc(N)c(-c2nc(-c3cccc(NC(=O)C4C(C)(C)C4(C)C)c3)cs2)s1. The summed E-state index contributed by atoms with van der Waals surface area (Å²) in [5.41, 5.74) is 8.43. The van der Waals surface area contributed by atoms with Crippen molar-refractivity contribution >= 4 is 51.2 Å². The third kappa shape index (κ3) is 3.84. The van der Waals surface area contributed by atoms with Gasteiger partial charge in [-0.3, -0.25) is 10.1 Å². The molecule has 0 radical (unpaired) electrons. The highest BCUT2D eigenvalue weighted by molar-refractivity contribution is 7.23. The zero-order valence-corrected chi connectivity index (χ0v) is 20.2. The summed E-state index contributed by atoms with van der Waals surface area (Å²) in [6.45, 7) is 8.52. The van der Waals surface area contributed by atoms with Crippen LogP contribution in [-0.2, 0) is 4.79 Å². The third-order valence-corrected chi connectivity index (χ3v) is 8.49. The van der Waals surface area contributed by atoms with Crippen molar-refractivity contribution in [3.63, 3.8) is 0 Å². The molecule has 0 unspecified atom stereocenters. The van der Waals surface area contributed by atoms with Gasteiger partial charge in [0.25, 0.3) is 0 Å². The molecule has 3 amide bonds. The molecule has 4 rings (SSSR count). The molecule has 0 aliphatic heterocycles. The minimum absolute atomic E-state index is 0.0152. The Labute approximate surface area is 194 Å². The largest absolute Gasteiger partial charge is 0.382 e. The maximum Gasteiger partial charge on any atom is 0.320 e. The molecule has 5 N–H and O–H groups in total. The van der Waals surface area contributed by atoms with Crippen LogP contribution < -0.4 is 21.7 Å². The Kier molecular flexibility index (Phi) is 5.46. The summed E-state index contributed by atoms with van der Waals surface area (Å²) in [4.78, 5) is 33.9. The molecule has 10 heteroatoms. The fourth-order valence-corrected chi connectivity index (χ4v) is 5.84. The number of carbonyl (C=O) groups excluding carboxylic acids is 2. The highest BCUT2D eigenvalue weighted by Crippen LogP contribution is 2.68. The van der Waals surface area contributed by atoms with Crippen molar-refractivity contribution in [3.05, 3.63) is 29.6 Å². The zero-order valence-electron chi connectivity index (χ0n) is 18.6. The number of carbonyl (C=O) groups is 2. The highest BCUT2D eigenvalue weighted by Gasteiger charge is 2.68. The van der Waals surface area contributed by atoms with Crippen LogP contribution in [0.5, 0.6) is 0 Å². The molecule has 168 valence electrons. The van der Waals surface area contributed by atoms with Crippen LogP contribution in [0, 0.1) is 16.7 Å². The number of hydrogen-bond acceptors (Lipinski definition) is 7. The molecule has 1 fully saturated rings. The molecular weight excluding hydrogens is 444 g/mol. The van der Waals surface area contributed by atoms with E-state index >= 15 is 0 Å². The van der Waals surface area contributed by atoms with E-state index in [0.29, 0.717) is 15.8 Å². The number of hydrogen-bond donors (Lipinski definition) is 4. The van der Waals surface area contributed by atoms with Crippen molar-refractivity contribution in [3.8, 4) is 21.1 Å². The van der Waals surface area contributed by atoms with Gasteiger partial charge in [0.05, 0.1) is 5.69 Å². The Bertz CT molecular complexity index is 1180. The van der Waals surface area contributed by atoms with Crippen molar-refractivity contribution < 1.29 is 9.59 Å². The van der Waals surface area contributed by atoms with E-state index in [1.807, 2.05) is 29.6 Å². The van der Waals surface area contributed by atoms with Crippen LogP contribution in [0.2, 0.25) is 0 Å². The second-order valence-corrected chi connectivity index (χ2v) is 10.8. The van der Waals surface area contributed by atoms with Gasteiger partial charge in [-0.1, -0.05) is 51.2 Å². The minimum atomic E-state index is -0.359. The summed E-state index contributed by atoms with van der Waals surface area (Å²) in [7, 11) is 1.53. The molecule has 2 aromatic heterocycles. The number of amides is 3. The highest BCUT2D eigenvalue weighted by atomic mass is 32.1. The first kappa shape index (κ1) is 22.2. The molecule has 8 nitrogen and oxygen atoms in total. The second-order valence-electron chi connectivity index (χ2n) is 8.92. The fourth-order valence-electron chi connectivity index (χ4n) is 4.03. The Morgan fingerprint density at radius 2 is 1.81 bits per heavy atom. The smallest absolute Gasteiger partial charge is 0.320 e. The topological polar surface area (TPSA) is 122 Å². The predicted octanol–water partition coefficient (Wildman–Crippen LogP) is 4.89. The first-order valence-electron chi connectivity index (χ1n) is 10.2. The lowest BCUT2D eigenvalue weighted by Crippen LogP contribution is -2.24. The van der Waals surface area contributed by atoms with Crippen LogP contribution in [0.3, 0.4) is 0 Å². The summed E-state index contributed by atoms with van der Waals surface area (Å²) >= 11 is 2.72. The average Bonchev–Trinajstić information content (AvgIpc) is 3.15. The van der Waals surface area contributed by atoms with E-state index in [1.165, 1.54) is 29.7 Å². The van der Waals surface area contributed by atoms with Crippen molar-refractivity contribution in [2.45, 2.75) is 27.7 Å². The molecular formula is C22H26N6O2S2. The van der Waals surface area contributed by atoms with Gasteiger partial charge < -0.3 is 16.4 Å². The molecule has 1 aromatic carbocycles. The molecule has 0 atom stereocenters. The monoisotopic (exact) mass is 470 g/mol.